The molecule has 0 bridgehead atoms. The number of imidazole rings is 1. The SMILES string of the molecule is Cn1c(C2CC2)nc2ccc(-n3ccc(OCc4ccc(Cl)o4)cc3=O)cc21. The lowest BCUT2D eigenvalue weighted by Gasteiger charge is -2.09. The number of ether oxygens (including phenoxy) is 1. The molecule has 1 aromatic carbocycles. The third-order valence-corrected chi connectivity index (χ3v) is 5.22. The van der Waals surface area contributed by atoms with Gasteiger partial charge < -0.3 is 13.7 Å². The van der Waals surface area contributed by atoms with Crippen molar-refractivity contribution in [2.24, 2.45) is 7.05 Å². The van der Waals surface area contributed by atoms with Crippen LogP contribution in [0.4, 0.5) is 0 Å². The summed E-state index contributed by atoms with van der Waals surface area (Å²) in [4.78, 5) is 17.4. The number of fused-ring (bicyclic) bond motifs is 1. The molecule has 1 aliphatic rings. The average molecular weight is 396 g/mol. The van der Waals surface area contributed by atoms with E-state index in [1.165, 1.54) is 18.9 Å². The van der Waals surface area contributed by atoms with Crippen LogP contribution in [0.3, 0.4) is 0 Å². The highest BCUT2D eigenvalue weighted by molar-refractivity contribution is 6.28. The standard InChI is InChI=1S/C21H18ClN3O3/c1-24-18-10-14(4-6-17(18)23-21(24)13-2-3-13)25-9-8-15(11-20(25)26)27-12-16-5-7-19(22)28-16/h4-11,13H,2-3,12H2,1H3. The van der Waals surface area contributed by atoms with Gasteiger partial charge in [-0.25, -0.2) is 4.98 Å². The zero-order valence-corrected chi connectivity index (χ0v) is 16.0. The number of hydrogen-bond donors (Lipinski definition) is 0. The number of rotatable bonds is 5. The summed E-state index contributed by atoms with van der Waals surface area (Å²) in [7, 11) is 2.04. The zero-order chi connectivity index (χ0) is 19.3. The van der Waals surface area contributed by atoms with Crippen molar-refractivity contribution in [2.75, 3.05) is 0 Å². The summed E-state index contributed by atoms with van der Waals surface area (Å²) in [6, 6.07) is 12.5. The molecule has 5 rings (SSSR count). The lowest BCUT2D eigenvalue weighted by molar-refractivity contribution is 0.270. The Kier molecular flexibility index (Phi) is 4.02. The molecule has 6 nitrogen and oxygen atoms in total. The fraction of sp³-hybridized carbons (Fsp3) is 0.238. The Morgan fingerprint density at radius 3 is 2.79 bits per heavy atom. The van der Waals surface area contributed by atoms with E-state index in [0.717, 1.165) is 22.5 Å². The molecule has 3 heterocycles. The van der Waals surface area contributed by atoms with Crippen molar-refractivity contribution < 1.29 is 9.15 Å². The summed E-state index contributed by atoms with van der Waals surface area (Å²) in [6.07, 6.45) is 4.12. The zero-order valence-electron chi connectivity index (χ0n) is 15.3. The number of benzene rings is 1. The van der Waals surface area contributed by atoms with Gasteiger partial charge >= 0.3 is 0 Å². The molecule has 0 spiro atoms. The molecular formula is C21H18ClN3O3. The number of aryl methyl sites for hydroxylation is 1. The average Bonchev–Trinajstić information content (AvgIpc) is 3.37. The molecule has 4 aromatic rings. The fourth-order valence-corrected chi connectivity index (χ4v) is 3.56. The maximum Gasteiger partial charge on any atom is 0.258 e. The molecule has 1 saturated carbocycles. The molecule has 1 fully saturated rings. The molecule has 142 valence electrons. The lowest BCUT2D eigenvalue weighted by atomic mass is 10.2. The Balaban J connectivity index is 1.42. The van der Waals surface area contributed by atoms with Gasteiger partial charge in [0.15, 0.2) is 5.22 Å². The Bertz CT molecular complexity index is 1230. The van der Waals surface area contributed by atoms with Crippen LogP contribution in [0.1, 0.15) is 30.3 Å². The highest BCUT2D eigenvalue weighted by Crippen LogP contribution is 2.40. The normalized spacial score (nSPS) is 13.9. The van der Waals surface area contributed by atoms with E-state index < -0.39 is 0 Å². The van der Waals surface area contributed by atoms with E-state index in [-0.39, 0.29) is 12.2 Å². The first kappa shape index (κ1) is 17.1. The van der Waals surface area contributed by atoms with E-state index in [4.69, 9.17) is 25.7 Å². The van der Waals surface area contributed by atoms with E-state index in [9.17, 15) is 4.79 Å². The van der Waals surface area contributed by atoms with E-state index in [1.54, 1.807) is 29.0 Å². The van der Waals surface area contributed by atoms with Gasteiger partial charge in [0, 0.05) is 25.2 Å². The van der Waals surface area contributed by atoms with Crippen LogP contribution in [0, 0.1) is 0 Å². The maximum absolute atomic E-state index is 12.6. The number of hydrogen-bond acceptors (Lipinski definition) is 4. The van der Waals surface area contributed by atoms with Crippen molar-refractivity contribution >= 4 is 22.6 Å². The predicted molar refractivity (Wildman–Crippen MR) is 106 cm³/mol. The molecule has 7 heteroatoms. The van der Waals surface area contributed by atoms with Gasteiger partial charge in [-0.15, -0.1) is 0 Å². The Morgan fingerprint density at radius 1 is 1.21 bits per heavy atom. The number of halogens is 1. The molecule has 0 atom stereocenters. The van der Waals surface area contributed by atoms with Crippen LogP contribution in [0.15, 0.2) is 57.9 Å². The summed E-state index contributed by atoms with van der Waals surface area (Å²) < 4.78 is 14.6. The van der Waals surface area contributed by atoms with E-state index in [0.29, 0.717) is 22.6 Å². The summed E-state index contributed by atoms with van der Waals surface area (Å²) in [6.45, 7) is 0.209. The van der Waals surface area contributed by atoms with Crippen molar-refractivity contribution in [3.8, 4) is 11.4 Å². The minimum atomic E-state index is -0.168. The number of furan rings is 1. The van der Waals surface area contributed by atoms with E-state index >= 15 is 0 Å². The highest BCUT2D eigenvalue weighted by Gasteiger charge is 2.28. The van der Waals surface area contributed by atoms with E-state index in [1.807, 2.05) is 25.2 Å². The highest BCUT2D eigenvalue weighted by atomic mass is 35.5. The summed E-state index contributed by atoms with van der Waals surface area (Å²) in [5.74, 6) is 2.78. The van der Waals surface area contributed by atoms with Crippen molar-refractivity contribution in [1.82, 2.24) is 14.1 Å². The summed E-state index contributed by atoms with van der Waals surface area (Å²) in [5.41, 5.74) is 2.62. The third-order valence-electron chi connectivity index (χ3n) is 5.02. The molecule has 3 aromatic heterocycles. The van der Waals surface area contributed by atoms with Crippen molar-refractivity contribution in [1.29, 1.82) is 0 Å². The first-order valence-electron chi connectivity index (χ1n) is 9.15. The molecule has 1 aliphatic carbocycles. The van der Waals surface area contributed by atoms with Gasteiger partial charge in [0.25, 0.3) is 5.56 Å². The summed E-state index contributed by atoms with van der Waals surface area (Å²) in [5, 5.41) is 0.310. The molecule has 0 unspecified atom stereocenters. The summed E-state index contributed by atoms with van der Waals surface area (Å²) >= 11 is 5.75. The van der Waals surface area contributed by atoms with Crippen LogP contribution in [0.2, 0.25) is 5.22 Å². The van der Waals surface area contributed by atoms with Crippen LogP contribution < -0.4 is 10.3 Å². The van der Waals surface area contributed by atoms with Gasteiger partial charge in [0.1, 0.15) is 23.9 Å². The topological polar surface area (TPSA) is 62.2 Å². The molecule has 0 radical (unpaired) electrons. The van der Waals surface area contributed by atoms with Gasteiger partial charge in [-0.2, -0.15) is 0 Å². The minimum absolute atomic E-state index is 0.168. The first-order valence-corrected chi connectivity index (χ1v) is 9.53. The smallest absolute Gasteiger partial charge is 0.258 e. The first-order chi connectivity index (χ1) is 13.6. The number of pyridine rings is 1. The second-order valence-electron chi connectivity index (χ2n) is 7.04. The largest absolute Gasteiger partial charge is 0.485 e. The van der Waals surface area contributed by atoms with Gasteiger partial charge in [0.2, 0.25) is 0 Å². The Morgan fingerprint density at radius 2 is 2.07 bits per heavy atom. The molecular weight excluding hydrogens is 378 g/mol. The van der Waals surface area contributed by atoms with Crippen LogP contribution in [-0.4, -0.2) is 14.1 Å². The number of nitrogens with zero attached hydrogens (tertiary/aromatic N) is 3. The van der Waals surface area contributed by atoms with E-state index in [2.05, 4.69) is 4.57 Å². The minimum Gasteiger partial charge on any atom is -0.485 e. The van der Waals surface area contributed by atoms with Crippen LogP contribution in [-0.2, 0) is 13.7 Å². The van der Waals surface area contributed by atoms with Crippen LogP contribution >= 0.6 is 11.6 Å². The quantitative estimate of drug-likeness (QED) is 0.501. The third kappa shape index (κ3) is 3.10. The molecule has 0 N–H and O–H groups in total. The number of aromatic nitrogens is 3. The maximum atomic E-state index is 12.6. The van der Waals surface area contributed by atoms with Crippen molar-refractivity contribution in [3.63, 3.8) is 0 Å². The van der Waals surface area contributed by atoms with Crippen molar-refractivity contribution in [3.05, 3.63) is 75.8 Å². The molecule has 0 saturated heterocycles. The molecule has 0 aliphatic heterocycles. The van der Waals surface area contributed by atoms with Gasteiger partial charge in [-0.1, -0.05) is 0 Å². The molecule has 0 amide bonds. The Labute approximate surface area is 165 Å². The van der Waals surface area contributed by atoms with Crippen LogP contribution in [0.25, 0.3) is 16.7 Å². The monoisotopic (exact) mass is 395 g/mol. The van der Waals surface area contributed by atoms with Gasteiger partial charge in [-0.3, -0.25) is 9.36 Å². The predicted octanol–water partition coefficient (Wildman–Crippen LogP) is 4.43. The molecule has 28 heavy (non-hydrogen) atoms. The van der Waals surface area contributed by atoms with Crippen molar-refractivity contribution in [2.45, 2.75) is 25.4 Å². The lowest BCUT2D eigenvalue weighted by Crippen LogP contribution is -2.16. The van der Waals surface area contributed by atoms with Gasteiger partial charge in [-0.05, 0) is 60.8 Å². The second kappa shape index (κ2) is 6.56. The Hall–Kier alpha value is -2.99. The fourth-order valence-electron chi connectivity index (χ4n) is 3.40. The van der Waals surface area contributed by atoms with Gasteiger partial charge in [0.05, 0.1) is 16.7 Å². The second-order valence-corrected chi connectivity index (χ2v) is 7.41. The van der Waals surface area contributed by atoms with Crippen LogP contribution in [0.5, 0.6) is 5.75 Å².